The summed E-state index contributed by atoms with van der Waals surface area (Å²) in [6.07, 6.45) is 10.1. The van der Waals surface area contributed by atoms with E-state index in [1.807, 2.05) is 18.2 Å². The molecule has 4 rings (SSSR count). The number of fused-ring (bicyclic) bond motifs is 1. The van der Waals surface area contributed by atoms with Crippen molar-refractivity contribution in [2.24, 2.45) is 0 Å². The standard InChI is InChI=1S/C23H23ClN2O2S/c1-29(28)22-13-25-21-10-9-15(16-7-8-17(14-27)20(24)12-16)11-19(21)23(22)26-18-5-3-2-4-6-18/h7-14,18H,2-6H2,1H3,(H,25,26). The average molecular weight is 427 g/mol. The topological polar surface area (TPSA) is 59.1 Å². The molecule has 0 bridgehead atoms. The Balaban J connectivity index is 1.83. The monoisotopic (exact) mass is 426 g/mol. The molecular weight excluding hydrogens is 404 g/mol. The molecule has 1 saturated carbocycles. The van der Waals surface area contributed by atoms with Gasteiger partial charge < -0.3 is 5.32 Å². The molecule has 2 aromatic carbocycles. The Hall–Kier alpha value is -2.24. The molecule has 1 heterocycles. The second-order valence-electron chi connectivity index (χ2n) is 7.52. The van der Waals surface area contributed by atoms with Crippen molar-refractivity contribution in [3.05, 3.63) is 53.2 Å². The van der Waals surface area contributed by atoms with Crippen molar-refractivity contribution in [2.45, 2.75) is 43.0 Å². The largest absolute Gasteiger partial charge is 0.381 e. The van der Waals surface area contributed by atoms with Crippen LogP contribution in [-0.4, -0.2) is 27.8 Å². The number of rotatable bonds is 5. The lowest BCUT2D eigenvalue weighted by atomic mass is 9.95. The van der Waals surface area contributed by atoms with Gasteiger partial charge in [-0.15, -0.1) is 0 Å². The lowest BCUT2D eigenvalue weighted by molar-refractivity contribution is 0.112. The molecule has 1 aliphatic carbocycles. The minimum atomic E-state index is -1.14. The van der Waals surface area contributed by atoms with Gasteiger partial charge in [-0.2, -0.15) is 0 Å². The SMILES string of the molecule is CS(=O)c1cnc2ccc(-c3ccc(C=O)c(Cl)c3)cc2c1NC1CCCCC1. The third kappa shape index (κ3) is 4.21. The molecule has 0 amide bonds. The molecule has 4 nitrogen and oxygen atoms in total. The molecule has 1 aliphatic rings. The van der Waals surface area contributed by atoms with E-state index >= 15 is 0 Å². The van der Waals surface area contributed by atoms with E-state index in [0.29, 0.717) is 16.6 Å². The first-order chi connectivity index (χ1) is 14.1. The highest BCUT2D eigenvalue weighted by Crippen LogP contribution is 2.34. The van der Waals surface area contributed by atoms with Gasteiger partial charge in [0.05, 0.1) is 31.9 Å². The van der Waals surface area contributed by atoms with Gasteiger partial charge >= 0.3 is 0 Å². The Morgan fingerprint density at radius 2 is 1.83 bits per heavy atom. The van der Waals surface area contributed by atoms with E-state index < -0.39 is 10.8 Å². The number of carbonyl (C=O) groups excluding carboxylic acids is 1. The summed E-state index contributed by atoms with van der Waals surface area (Å²) >= 11 is 6.23. The Morgan fingerprint density at radius 3 is 2.52 bits per heavy atom. The molecule has 1 fully saturated rings. The summed E-state index contributed by atoms with van der Waals surface area (Å²) in [5.74, 6) is 0. The van der Waals surface area contributed by atoms with E-state index in [-0.39, 0.29) is 0 Å². The van der Waals surface area contributed by atoms with Gasteiger partial charge in [-0.05, 0) is 48.2 Å². The quantitative estimate of drug-likeness (QED) is 0.520. The van der Waals surface area contributed by atoms with E-state index in [1.165, 1.54) is 19.3 Å². The third-order valence-electron chi connectivity index (χ3n) is 5.56. The normalized spacial score (nSPS) is 15.9. The number of hydrogen-bond donors (Lipinski definition) is 1. The lowest BCUT2D eigenvalue weighted by Crippen LogP contribution is -2.23. The zero-order valence-corrected chi connectivity index (χ0v) is 17.9. The smallest absolute Gasteiger partial charge is 0.151 e. The van der Waals surface area contributed by atoms with Gasteiger partial charge in [-0.1, -0.05) is 43.0 Å². The van der Waals surface area contributed by atoms with E-state index in [2.05, 4.69) is 16.4 Å². The fraction of sp³-hybridized carbons (Fsp3) is 0.304. The molecular formula is C23H23ClN2O2S. The summed E-state index contributed by atoms with van der Waals surface area (Å²) in [4.78, 5) is 16.3. The molecule has 0 saturated heterocycles. The summed E-state index contributed by atoms with van der Waals surface area (Å²) in [5.41, 5.74) is 4.15. The van der Waals surface area contributed by atoms with E-state index in [9.17, 15) is 9.00 Å². The molecule has 29 heavy (non-hydrogen) atoms. The Kier molecular flexibility index (Phi) is 5.97. The van der Waals surface area contributed by atoms with Crippen molar-refractivity contribution < 1.29 is 9.00 Å². The first-order valence-corrected chi connectivity index (χ1v) is 11.8. The van der Waals surface area contributed by atoms with E-state index in [0.717, 1.165) is 51.7 Å². The molecule has 0 spiro atoms. The van der Waals surface area contributed by atoms with Crippen LogP contribution in [0.2, 0.25) is 5.02 Å². The number of carbonyl (C=O) groups is 1. The molecule has 150 valence electrons. The summed E-state index contributed by atoms with van der Waals surface area (Å²) < 4.78 is 12.4. The minimum Gasteiger partial charge on any atom is -0.381 e. The fourth-order valence-corrected chi connectivity index (χ4v) is 4.86. The van der Waals surface area contributed by atoms with Crippen molar-refractivity contribution >= 4 is 45.3 Å². The minimum absolute atomic E-state index is 0.390. The molecule has 3 aromatic rings. The summed E-state index contributed by atoms with van der Waals surface area (Å²) in [6, 6.07) is 11.8. The van der Waals surface area contributed by atoms with Crippen molar-refractivity contribution in [1.82, 2.24) is 4.98 Å². The van der Waals surface area contributed by atoms with Crippen LogP contribution in [0.4, 0.5) is 5.69 Å². The highest BCUT2D eigenvalue weighted by molar-refractivity contribution is 7.84. The number of halogens is 1. The fourth-order valence-electron chi connectivity index (χ4n) is 3.97. The maximum absolute atomic E-state index is 12.4. The Morgan fingerprint density at radius 1 is 1.10 bits per heavy atom. The number of hydrogen-bond acceptors (Lipinski definition) is 4. The molecule has 0 aliphatic heterocycles. The first-order valence-electron chi connectivity index (χ1n) is 9.84. The molecule has 0 radical (unpaired) electrons. The van der Waals surface area contributed by atoms with Gasteiger partial charge in [-0.3, -0.25) is 14.0 Å². The van der Waals surface area contributed by atoms with Crippen molar-refractivity contribution in [1.29, 1.82) is 0 Å². The molecule has 1 aromatic heterocycles. The number of nitrogens with one attached hydrogen (secondary N) is 1. The van der Waals surface area contributed by atoms with Crippen LogP contribution in [0, 0.1) is 0 Å². The van der Waals surface area contributed by atoms with Gasteiger partial charge in [0.1, 0.15) is 0 Å². The van der Waals surface area contributed by atoms with Crippen LogP contribution in [0.3, 0.4) is 0 Å². The van der Waals surface area contributed by atoms with Gasteiger partial charge in [0.15, 0.2) is 6.29 Å². The number of anilines is 1. The van der Waals surface area contributed by atoms with Crippen LogP contribution < -0.4 is 5.32 Å². The highest BCUT2D eigenvalue weighted by atomic mass is 35.5. The predicted molar refractivity (Wildman–Crippen MR) is 120 cm³/mol. The average Bonchev–Trinajstić information content (AvgIpc) is 2.74. The maximum Gasteiger partial charge on any atom is 0.151 e. The van der Waals surface area contributed by atoms with Crippen molar-refractivity contribution in [3.8, 4) is 11.1 Å². The van der Waals surface area contributed by atoms with Crippen LogP contribution in [-0.2, 0) is 10.8 Å². The number of benzene rings is 2. The zero-order chi connectivity index (χ0) is 20.4. The Labute approximate surface area is 178 Å². The van der Waals surface area contributed by atoms with Crippen molar-refractivity contribution in [2.75, 3.05) is 11.6 Å². The molecule has 1 atom stereocenters. The maximum atomic E-state index is 12.4. The molecule has 6 heteroatoms. The third-order valence-corrected chi connectivity index (χ3v) is 6.81. The lowest BCUT2D eigenvalue weighted by Gasteiger charge is -2.25. The number of nitrogens with zero attached hydrogens (tertiary/aromatic N) is 1. The van der Waals surface area contributed by atoms with Gasteiger partial charge in [0, 0.05) is 29.4 Å². The van der Waals surface area contributed by atoms with Crippen molar-refractivity contribution in [3.63, 3.8) is 0 Å². The Bertz CT molecular complexity index is 1090. The summed E-state index contributed by atoms with van der Waals surface area (Å²) in [5, 5.41) is 5.06. The first kappa shape index (κ1) is 20.0. The second-order valence-corrected chi connectivity index (χ2v) is 9.27. The number of aromatic nitrogens is 1. The van der Waals surface area contributed by atoms with E-state index in [4.69, 9.17) is 11.6 Å². The summed E-state index contributed by atoms with van der Waals surface area (Å²) in [7, 11) is -1.14. The molecule has 1 N–H and O–H groups in total. The predicted octanol–water partition coefficient (Wildman–Crippen LogP) is 5.85. The zero-order valence-electron chi connectivity index (χ0n) is 16.3. The van der Waals surface area contributed by atoms with Gasteiger partial charge in [0.25, 0.3) is 0 Å². The number of pyridine rings is 1. The van der Waals surface area contributed by atoms with Gasteiger partial charge in [-0.25, -0.2) is 0 Å². The van der Waals surface area contributed by atoms with E-state index in [1.54, 1.807) is 24.6 Å². The summed E-state index contributed by atoms with van der Waals surface area (Å²) in [6.45, 7) is 0. The van der Waals surface area contributed by atoms with Crippen LogP contribution in [0.25, 0.3) is 22.0 Å². The second kappa shape index (κ2) is 8.64. The molecule has 1 unspecified atom stereocenters. The highest BCUT2D eigenvalue weighted by Gasteiger charge is 2.19. The van der Waals surface area contributed by atoms with Crippen LogP contribution in [0.15, 0.2) is 47.5 Å². The van der Waals surface area contributed by atoms with Gasteiger partial charge in [0.2, 0.25) is 0 Å². The van der Waals surface area contributed by atoms with Crippen LogP contribution >= 0.6 is 11.6 Å². The van der Waals surface area contributed by atoms with Crippen LogP contribution in [0.1, 0.15) is 42.5 Å². The number of aldehydes is 1. The van der Waals surface area contributed by atoms with Crippen LogP contribution in [0.5, 0.6) is 0 Å².